The molecule has 100 valence electrons. The third-order valence-corrected chi connectivity index (χ3v) is 3.52. The highest BCUT2D eigenvalue weighted by molar-refractivity contribution is 6.31. The van der Waals surface area contributed by atoms with Crippen molar-refractivity contribution in [3.05, 3.63) is 51.6 Å². The largest absolute Gasteiger partial charge is 0.384 e. The second-order valence-electron chi connectivity index (χ2n) is 4.36. The predicted molar refractivity (Wildman–Crippen MR) is 73.2 cm³/mol. The monoisotopic (exact) mass is 280 g/mol. The average Bonchev–Trinajstić information content (AvgIpc) is 2.59. The molecule has 0 saturated heterocycles. The summed E-state index contributed by atoms with van der Waals surface area (Å²) in [5.41, 5.74) is 7.68. The number of nitrogen functional groups attached to an aromatic ring is 1. The van der Waals surface area contributed by atoms with E-state index in [2.05, 4.69) is 5.10 Å². The normalized spacial score (nSPS) is 10.7. The van der Waals surface area contributed by atoms with Crippen molar-refractivity contribution in [1.29, 1.82) is 5.41 Å². The van der Waals surface area contributed by atoms with Crippen molar-refractivity contribution in [3.63, 3.8) is 0 Å². The summed E-state index contributed by atoms with van der Waals surface area (Å²) in [7, 11) is 0. The first kappa shape index (κ1) is 13.5. The number of hydrogen-bond acceptors (Lipinski definition) is 2. The fourth-order valence-corrected chi connectivity index (χ4v) is 1.97. The van der Waals surface area contributed by atoms with Gasteiger partial charge in [-0.1, -0.05) is 23.7 Å². The number of halogens is 2. The number of nitrogens with one attached hydrogen (secondary N) is 1. The molecule has 4 nitrogen and oxygen atoms in total. The summed E-state index contributed by atoms with van der Waals surface area (Å²) in [6.07, 6.45) is 0. The lowest BCUT2D eigenvalue weighted by atomic mass is 10.1. The standard InChI is InChI=1S/C13H14ClFN4/c1-7-12(14)8(2)19(18-7)6-10-4-3-9(13(16)17)5-11(10)15/h3-5H,6H2,1-2H3,(H3,16,17). The van der Waals surface area contributed by atoms with E-state index in [-0.39, 0.29) is 5.84 Å². The van der Waals surface area contributed by atoms with Gasteiger partial charge in [0.15, 0.2) is 0 Å². The van der Waals surface area contributed by atoms with Crippen molar-refractivity contribution in [2.75, 3.05) is 0 Å². The first-order valence-corrected chi connectivity index (χ1v) is 6.10. The van der Waals surface area contributed by atoms with Crippen LogP contribution in [0.4, 0.5) is 4.39 Å². The lowest BCUT2D eigenvalue weighted by Gasteiger charge is -2.07. The van der Waals surface area contributed by atoms with Gasteiger partial charge in [-0.05, 0) is 19.9 Å². The van der Waals surface area contributed by atoms with Crippen molar-refractivity contribution in [2.24, 2.45) is 5.73 Å². The van der Waals surface area contributed by atoms with Crippen LogP contribution in [0.1, 0.15) is 22.5 Å². The van der Waals surface area contributed by atoms with Crippen LogP contribution in [0.3, 0.4) is 0 Å². The quantitative estimate of drug-likeness (QED) is 0.670. The lowest BCUT2D eigenvalue weighted by molar-refractivity contribution is 0.578. The Bertz CT molecular complexity index is 648. The molecule has 0 spiro atoms. The van der Waals surface area contributed by atoms with Crippen LogP contribution in [0, 0.1) is 25.1 Å². The highest BCUT2D eigenvalue weighted by Crippen LogP contribution is 2.20. The molecule has 0 saturated carbocycles. The number of hydrogen-bond donors (Lipinski definition) is 2. The van der Waals surface area contributed by atoms with Crippen molar-refractivity contribution in [2.45, 2.75) is 20.4 Å². The minimum Gasteiger partial charge on any atom is -0.384 e. The zero-order valence-electron chi connectivity index (χ0n) is 10.7. The summed E-state index contributed by atoms with van der Waals surface area (Å²) >= 11 is 6.05. The number of amidine groups is 1. The molecule has 2 rings (SSSR count). The molecule has 0 aliphatic heterocycles. The van der Waals surface area contributed by atoms with Crippen molar-refractivity contribution < 1.29 is 4.39 Å². The van der Waals surface area contributed by atoms with E-state index in [9.17, 15) is 4.39 Å². The van der Waals surface area contributed by atoms with E-state index in [0.717, 1.165) is 11.4 Å². The molecule has 6 heteroatoms. The van der Waals surface area contributed by atoms with E-state index in [0.29, 0.717) is 22.7 Å². The molecule has 3 N–H and O–H groups in total. The van der Waals surface area contributed by atoms with E-state index in [1.807, 2.05) is 6.92 Å². The molecule has 0 aliphatic rings. The molecular formula is C13H14ClFN4. The first-order chi connectivity index (χ1) is 8.90. The van der Waals surface area contributed by atoms with Crippen molar-refractivity contribution in [1.82, 2.24) is 9.78 Å². The Morgan fingerprint density at radius 2 is 2.16 bits per heavy atom. The molecule has 0 atom stereocenters. The molecule has 1 heterocycles. The molecule has 2 aromatic rings. The van der Waals surface area contributed by atoms with E-state index in [4.69, 9.17) is 22.7 Å². The maximum absolute atomic E-state index is 13.9. The highest BCUT2D eigenvalue weighted by atomic mass is 35.5. The van der Waals surface area contributed by atoms with Crippen LogP contribution in [-0.4, -0.2) is 15.6 Å². The van der Waals surface area contributed by atoms with Crippen LogP contribution in [0.15, 0.2) is 18.2 Å². The Balaban J connectivity index is 2.33. The van der Waals surface area contributed by atoms with Crippen LogP contribution < -0.4 is 5.73 Å². The number of nitrogens with two attached hydrogens (primary N) is 1. The van der Waals surface area contributed by atoms with Crippen LogP contribution in [-0.2, 0) is 6.54 Å². The average molecular weight is 281 g/mol. The zero-order valence-corrected chi connectivity index (χ0v) is 11.4. The summed E-state index contributed by atoms with van der Waals surface area (Å²) in [5.74, 6) is -0.559. The molecule has 1 aromatic heterocycles. The maximum Gasteiger partial charge on any atom is 0.129 e. The van der Waals surface area contributed by atoms with E-state index in [1.54, 1.807) is 23.7 Å². The van der Waals surface area contributed by atoms with Crippen LogP contribution in [0.5, 0.6) is 0 Å². The van der Waals surface area contributed by atoms with Crippen LogP contribution in [0.25, 0.3) is 0 Å². The van der Waals surface area contributed by atoms with Gasteiger partial charge in [-0.25, -0.2) is 4.39 Å². The summed E-state index contributed by atoms with van der Waals surface area (Å²) in [4.78, 5) is 0. The molecule has 19 heavy (non-hydrogen) atoms. The van der Waals surface area contributed by atoms with Gasteiger partial charge < -0.3 is 5.73 Å². The number of nitrogens with zero attached hydrogens (tertiary/aromatic N) is 2. The van der Waals surface area contributed by atoms with Gasteiger partial charge in [0.05, 0.1) is 23.0 Å². The van der Waals surface area contributed by atoms with Gasteiger partial charge >= 0.3 is 0 Å². The van der Waals surface area contributed by atoms with Gasteiger partial charge in [0.25, 0.3) is 0 Å². The Hall–Kier alpha value is -1.88. The van der Waals surface area contributed by atoms with Gasteiger partial charge in [-0.3, -0.25) is 10.1 Å². The minimum absolute atomic E-state index is 0.153. The second-order valence-corrected chi connectivity index (χ2v) is 4.74. The zero-order chi connectivity index (χ0) is 14.2. The molecule has 0 amide bonds. The van der Waals surface area contributed by atoms with E-state index >= 15 is 0 Å². The maximum atomic E-state index is 13.9. The Morgan fingerprint density at radius 3 is 2.63 bits per heavy atom. The number of aryl methyl sites for hydroxylation is 1. The number of benzene rings is 1. The number of aromatic nitrogens is 2. The van der Waals surface area contributed by atoms with Gasteiger partial charge in [0, 0.05) is 11.1 Å². The van der Waals surface area contributed by atoms with Crippen LogP contribution >= 0.6 is 11.6 Å². The lowest BCUT2D eigenvalue weighted by Crippen LogP contribution is -2.12. The summed E-state index contributed by atoms with van der Waals surface area (Å²) in [6.45, 7) is 3.94. The Labute approximate surface area is 115 Å². The molecular weight excluding hydrogens is 267 g/mol. The third kappa shape index (κ3) is 2.61. The third-order valence-electron chi connectivity index (χ3n) is 2.98. The second kappa shape index (κ2) is 5.01. The molecule has 0 fully saturated rings. The Morgan fingerprint density at radius 1 is 1.47 bits per heavy atom. The fraction of sp³-hybridized carbons (Fsp3) is 0.231. The minimum atomic E-state index is -0.406. The number of rotatable bonds is 3. The summed E-state index contributed by atoms with van der Waals surface area (Å²) in [6, 6.07) is 4.48. The summed E-state index contributed by atoms with van der Waals surface area (Å²) < 4.78 is 15.6. The van der Waals surface area contributed by atoms with Gasteiger partial charge in [-0.15, -0.1) is 0 Å². The van der Waals surface area contributed by atoms with Gasteiger partial charge in [0.2, 0.25) is 0 Å². The van der Waals surface area contributed by atoms with Gasteiger partial charge in [-0.2, -0.15) is 5.10 Å². The van der Waals surface area contributed by atoms with Crippen LogP contribution in [0.2, 0.25) is 5.02 Å². The molecule has 0 bridgehead atoms. The van der Waals surface area contributed by atoms with Gasteiger partial charge in [0.1, 0.15) is 11.7 Å². The Kier molecular flexibility index (Phi) is 3.57. The molecule has 0 radical (unpaired) electrons. The topological polar surface area (TPSA) is 67.7 Å². The molecule has 0 aliphatic carbocycles. The fourth-order valence-electron chi connectivity index (χ4n) is 1.83. The highest BCUT2D eigenvalue weighted by Gasteiger charge is 2.12. The first-order valence-electron chi connectivity index (χ1n) is 5.72. The molecule has 1 aromatic carbocycles. The van der Waals surface area contributed by atoms with Crippen molar-refractivity contribution >= 4 is 17.4 Å². The van der Waals surface area contributed by atoms with Crippen molar-refractivity contribution in [3.8, 4) is 0 Å². The molecule has 0 unspecified atom stereocenters. The van der Waals surface area contributed by atoms with E-state index in [1.165, 1.54) is 6.07 Å². The SMILES string of the molecule is Cc1nn(Cc2ccc(C(=N)N)cc2F)c(C)c1Cl. The predicted octanol–water partition coefficient (Wildman–Crippen LogP) is 2.62. The van der Waals surface area contributed by atoms with E-state index < -0.39 is 5.82 Å². The summed E-state index contributed by atoms with van der Waals surface area (Å²) in [5, 5.41) is 12.1. The smallest absolute Gasteiger partial charge is 0.129 e.